The Kier molecular flexibility index (Phi) is 4.38. The molecule has 0 atom stereocenters. The summed E-state index contributed by atoms with van der Waals surface area (Å²) in [7, 11) is -1.73. The van der Waals surface area contributed by atoms with E-state index in [1.54, 1.807) is 25.3 Å². The fraction of sp³-hybridized carbons (Fsp3) is 0.0455. The first-order chi connectivity index (χ1) is 13.1. The Labute approximate surface area is 157 Å². The third-order valence-corrected chi connectivity index (χ3v) is 7.61. The Morgan fingerprint density at radius 2 is 1.41 bits per heavy atom. The van der Waals surface area contributed by atoms with Crippen molar-refractivity contribution in [2.75, 3.05) is 7.11 Å². The van der Waals surface area contributed by atoms with Crippen LogP contribution in [0.25, 0.3) is 11.0 Å². The van der Waals surface area contributed by atoms with Gasteiger partial charge in [-0.1, -0.05) is 36.4 Å². The molecule has 136 valence electrons. The largest absolute Gasteiger partial charge is 0.497 e. The molecular formula is C22H18O4S. The van der Waals surface area contributed by atoms with Gasteiger partial charge < -0.3 is 9.15 Å². The summed E-state index contributed by atoms with van der Waals surface area (Å²) in [5, 5.41) is 0.631. The molecule has 1 heterocycles. The molecule has 0 fully saturated rings. The zero-order valence-electron chi connectivity index (χ0n) is 14.7. The number of hydrogen-bond acceptors (Lipinski definition) is 4. The predicted octanol–water partition coefficient (Wildman–Crippen LogP) is 4.30. The van der Waals surface area contributed by atoms with Gasteiger partial charge in [-0.2, -0.15) is 0 Å². The van der Waals surface area contributed by atoms with Crippen molar-refractivity contribution in [1.82, 2.24) is 0 Å². The van der Waals surface area contributed by atoms with Crippen molar-refractivity contribution in [3.8, 4) is 5.75 Å². The number of methoxy groups -OCH3 is 1. The number of benzene rings is 3. The van der Waals surface area contributed by atoms with E-state index in [1.165, 1.54) is 6.07 Å². The van der Waals surface area contributed by atoms with Crippen LogP contribution in [0.2, 0.25) is 0 Å². The minimum Gasteiger partial charge on any atom is -0.497 e. The standard InChI is InChI=1S/C22H18O4S/c1-25-16-12-13-19-20(14-16)26-22(23)15-21(19)27(24,17-8-4-2-5-9-17)18-10-6-3-7-11-18/h2-15,27H,1H3. The molecule has 0 saturated heterocycles. The van der Waals surface area contributed by atoms with Crippen LogP contribution >= 0.6 is 0 Å². The molecule has 0 aliphatic heterocycles. The molecule has 4 aromatic rings. The average molecular weight is 378 g/mol. The van der Waals surface area contributed by atoms with Gasteiger partial charge in [0, 0.05) is 32.2 Å². The molecule has 0 unspecified atom stereocenters. The third-order valence-electron chi connectivity index (χ3n) is 4.51. The van der Waals surface area contributed by atoms with Crippen LogP contribution in [0.3, 0.4) is 0 Å². The molecule has 5 heteroatoms. The van der Waals surface area contributed by atoms with E-state index in [0.717, 1.165) is 0 Å². The van der Waals surface area contributed by atoms with Crippen molar-refractivity contribution in [2.45, 2.75) is 14.7 Å². The van der Waals surface area contributed by atoms with Crippen molar-refractivity contribution < 1.29 is 13.4 Å². The normalized spacial score (nSPS) is 12.0. The van der Waals surface area contributed by atoms with Crippen LogP contribution in [0.1, 0.15) is 0 Å². The number of rotatable bonds is 4. The summed E-state index contributed by atoms with van der Waals surface area (Å²) < 4.78 is 25.1. The summed E-state index contributed by atoms with van der Waals surface area (Å²) in [5.74, 6) is 0.567. The molecule has 4 nitrogen and oxygen atoms in total. The van der Waals surface area contributed by atoms with Gasteiger partial charge in [-0.25, -0.2) is 4.79 Å². The molecule has 1 aromatic heterocycles. The van der Waals surface area contributed by atoms with Crippen LogP contribution < -0.4 is 10.4 Å². The summed E-state index contributed by atoms with van der Waals surface area (Å²) in [4.78, 5) is 14.1. The van der Waals surface area contributed by atoms with Gasteiger partial charge in [0.1, 0.15) is 11.3 Å². The van der Waals surface area contributed by atoms with E-state index in [9.17, 15) is 9.00 Å². The summed E-state index contributed by atoms with van der Waals surface area (Å²) in [6.07, 6.45) is 0. The highest BCUT2D eigenvalue weighted by Gasteiger charge is 2.26. The van der Waals surface area contributed by atoms with Gasteiger partial charge in [-0.3, -0.25) is 4.21 Å². The summed E-state index contributed by atoms with van der Waals surface area (Å²) in [6, 6.07) is 25.0. The third kappa shape index (κ3) is 2.96. The highest BCUT2D eigenvalue weighted by Crippen LogP contribution is 2.39. The predicted molar refractivity (Wildman–Crippen MR) is 106 cm³/mol. The average Bonchev–Trinajstić information content (AvgIpc) is 2.73. The monoisotopic (exact) mass is 378 g/mol. The lowest BCUT2D eigenvalue weighted by Crippen LogP contribution is -2.16. The molecule has 4 rings (SSSR count). The van der Waals surface area contributed by atoms with Crippen LogP contribution in [0.5, 0.6) is 5.75 Å². The van der Waals surface area contributed by atoms with Gasteiger partial charge in [0.2, 0.25) is 0 Å². The molecule has 0 radical (unpaired) electrons. The van der Waals surface area contributed by atoms with Crippen molar-refractivity contribution >= 4 is 20.9 Å². The SMILES string of the molecule is COc1ccc2c([SH](=O)(c3ccccc3)c3ccccc3)cc(=O)oc2c1. The Balaban J connectivity index is 2.11. The maximum Gasteiger partial charge on any atom is 0.337 e. The number of hydrogen-bond donors (Lipinski definition) is 1. The van der Waals surface area contributed by atoms with E-state index in [0.29, 0.717) is 31.4 Å². The first-order valence-electron chi connectivity index (χ1n) is 8.46. The lowest BCUT2D eigenvalue weighted by molar-refractivity contribution is 0.414. The van der Waals surface area contributed by atoms with Crippen LogP contribution in [-0.4, -0.2) is 11.3 Å². The van der Waals surface area contributed by atoms with Crippen molar-refractivity contribution in [2.24, 2.45) is 0 Å². The second kappa shape index (κ2) is 6.85. The van der Waals surface area contributed by atoms with Crippen molar-refractivity contribution in [3.63, 3.8) is 0 Å². The minimum absolute atomic E-state index is 0.351. The molecular weight excluding hydrogens is 360 g/mol. The van der Waals surface area contributed by atoms with E-state index in [4.69, 9.17) is 9.15 Å². The summed E-state index contributed by atoms with van der Waals surface area (Å²) >= 11 is 0. The highest BCUT2D eigenvalue weighted by molar-refractivity contribution is 8.03. The minimum atomic E-state index is -3.27. The summed E-state index contributed by atoms with van der Waals surface area (Å²) in [6.45, 7) is 0. The van der Waals surface area contributed by atoms with Crippen LogP contribution in [0, 0.1) is 0 Å². The first kappa shape index (κ1) is 17.2. The van der Waals surface area contributed by atoms with E-state index in [-0.39, 0.29) is 0 Å². The topological polar surface area (TPSA) is 56.5 Å². The second-order valence-electron chi connectivity index (χ2n) is 6.09. The molecule has 0 amide bonds. The zero-order valence-corrected chi connectivity index (χ0v) is 15.6. The maximum absolute atomic E-state index is 14.5. The van der Waals surface area contributed by atoms with E-state index in [1.807, 2.05) is 60.7 Å². The lowest BCUT2D eigenvalue weighted by Gasteiger charge is -2.26. The van der Waals surface area contributed by atoms with Crippen LogP contribution in [0.4, 0.5) is 0 Å². The Hall–Kier alpha value is -3.18. The van der Waals surface area contributed by atoms with Crippen LogP contribution in [-0.2, 0) is 9.93 Å². The molecule has 0 N–H and O–H groups in total. The van der Waals surface area contributed by atoms with Crippen LogP contribution in [0.15, 0.2) is 109 Å². The van der Waals surface area contributed by atoms with Gasteiger partial charge in [-0.15, -0.1) is 0 Å². The molecule has 0 spiro atoms. The zero-order chi connectivity index (χ0) is 18.9. The van der Waals surface area contributed by atoms with E-state index in [2.05, 4.69) is 0 Å². The fourth-order valence-corrected chi connectivity index (χ4v) is 6.07. The maximum atomic E-state index is 14.5. The highest BCUT2D eigenvalue weighted by atomic mass is 32.2. The molecule has 0 saturated carbocycles. The van der Waals surface area contributed by atoms with Gasteiger partial charge in [0.05, 0.1) is 7.11 Å². The lowest BCUT2D eigenvalue weighted by atomic mass is 10.2. The van der Waals surface area contributed by atoms with Gasteiger partial charge in [-0.05, 0) is 46.3 Å². The first-order valence-corrected chi connectivity index (χ1v) is 10.2. The van der Waals surface area contributed by atoms with Gasteiger partial charge >= 0.3 is 5.63 Å². The van der Waals surface area contributed by atoms with Gasteiger partial charge in [0.15, 0.2) is 0 Å². The summed E-state index contributed by atoms with van der Waals surface area (Å²) in [5.41, 5.74) is -0.193. The smallest absolute Gasteiger partial charge is 0.337 e. The van der Waals surface area contributed by atoms with Crippen molar-refractivity contribution in [1.29, 1.82) is 0 Å². The quantitative estimate of drug-likeness (QED) is 0.425. The number of ether oxygens (including phenoxy) is 1. The molecule has 0 aliphatic carbocycles. The molecule has 3 aromatic carbocycles. The Bertz CT molecular complexity index is 1150. The van der Waals surface area contributed by atoms with E-state index < -0.39 is 15.6 Å². The van der Waals surface area contributed by atoms with Gasteiger partial charge in [0.25, 0.3) is 0 Å². The second-order valence-corrected chi connectivity index (χ2v) is 8.83. The number of fused-ring (bicyclic) bond motifs is 1. The Morgan fingerprint density at radius 1 is 0.815 bits per heavy atom. The molecule has 0 aliphatic rings. The molecule has 0 bridgehead atoms. The Morgan fingerprint density at radius 3 is 1.96 bits per heavy atom. The molecule has 27 heavy (non-hydrogen) atoms. The van der Waals surface area contributed by atoms with Crippen molar-refractivity contribution in [3.05, 3.63) is 95.3 Å². The number of thiol groups is 1. The fourth-order valence-electron chi connectivity index (χ4n) is 3.22. The van der Waals surface area contributed by atoms with E-state index >= 15 is 0 Å².